The van der Waals surface area contributed by atoms with Crippen molar-refractivity contribution in [1.82, 2.24) is 10.2 Å². The smallest absolute Gasteiger partial charge is 0.264 e. The zero-order valence-corrected chi connectivity index (χ0v) is 26.0. The normalized spacial score (nSPS) is 12.0. The molecule has 2 amide bonds. The molecule has 4 aromatic carbocycles. The largest absolute Gasteiger partial charge is 0.355 e. The first-order valence-electron chi connectivity index (χ1n) is 14.6. The first-order valence-corrected chi connectivity index (χ1v) is 16.1. The molecule has 0 heterocycles. The zero-order valence-electron chi connectivity index (χ0n) is 25.2. The van der Waals surface area contributed by atoms with Crippen LogP contribution >= 0.6 is 0 Å². The van der Waals surface area contributed by atoms with Gasteiger partial charge >= 0.3 is 0 Å². The molecule has 0 aliphatic carbocycles. The molecule has 9 heteroatoms. The molecule has 230 valence electrons. The van der Waals surface area contributed by atoms with Gasteiger partial charge in [-0.15, -0.1) is 0 Å². The summed E-state index contributed by atoms with van der Waals surface area (Å²) in [4.78, 5) is 29.2. The predicted molar refractivity (Wildman–Crippen MR) is 171 cm³/mol. The van der Waals surface area contributed by atoms with Gasteiger partial charge in [0, 0.05) is 25.1 Å². The number of rotatable bonds is 13. The van der Waals surface area contributed by atoms with Crippen LogP contribution in [0.25, 0.3) is 0 Å². The Morgan fingerprint density at radius 1 is 0.818 bits per heavy atom. The Kier molecular flexibility index (Phi) is 10.9. The summed E-state index contributed by atoms with van der Waals surface area (Å²) in [5, 5.41) is 2.80. The third-order valence-corrected chi connectivity index (χ3v) is 9.17. The van der Waals surface area contributed by atoms with Gasteiger partial charge in [-0.2, -0.15) is 0 Å². The van der Waals surface area contributed by atoms with E-state index in [1.54, 1.807) is 55.5 Å². The highest BCUT2D eigenvalue weighted by Crippen LogP contribution is 2.27. The summed E-state index contributed by atoms with van der Waals surface area (Å²) in [6.45, 7) is 5.33. The van der Waals surface area contributed by atoms with Gasteiger partial charge in [0.15, 0.2) is 0 Å². The van der Waals surface area contributed by atoms with E-state index in [4.69, 9.17) is 0 Å². The second-order valence-electron chi connectivity index (χ2n) is 10.8. The summed E-state index contributed by atoms with van der Waals surface area (Å²) in [7, 11) is -4.20. The lowest BCUT2D eigenvalue weighted by Crippen LogP contribution is -2.53. The van der Waals surface area contributed by atoms with Crippen molar-refractivity contribution in [3.63, 3.8) is 0 Å². The van der Waals surface area contributed by atoms with Crippen molar-refractivity contribution in [2.75, 3.05) is 17.4 Å². The number of halogens is 1. The Labute approximate surface area is 259 Å². The number of amides is 2. The summed E-state index contributed by atoms with van der Waals surface area (Å²) in [5.74, 6) is -1.37. The van der Waals surface area contributed by atoms with Crippen LogP contribution in [0.4, 0.5) is 10.1 Å². The van der Waals surface area contributed by atoms with Gasteiger partial charge in [-0.3, -0.25) is 13.9 Å². The minimum atomic E-state index is -4.20. The van der Waals surface area contributed by atoms with E-state index in [1.807, 2.05) is 56.3 Å². The summed E-state index contributed by atoms with van der Waals surface area (Å²) in [5.41, 5.74) is 2.32. The molecule has 0 aliphatic heterocycles. The van der Waals surface area contributed by atoms with Crippen molar-refractivity contribution in [3.05, 3.63) is 132 Å². The number of carbonyl (C=O) groups excluding carboxylic acids is 2. The standard InChI is InChI=1S/C35H38FN3O4S/c1-4-37-35(41)33(23-27-13-7-5-8-14-27)38(24-29-15-11-12-18-32(29)36)34(40)25-39(30-21-19-28(20-22-30)26(2)3)44(42,43)31-16-9-6-10-17-31/h5-22,26,33H,4,23-25H2,1-3H3,(H,37,41). The third-order valence-electron chi connectivity index (χ3n) is 7.38. The maximum atomic E-state index is 14.9. The van der Waals surface area contributed by atoms with Gasteiger partial charge in [-0.1, -0.05) is 92.7 Å². The van der Waals surface area contributed by atoms with Crippen LogP contribution in [0.5, 0.6) is 0 Å². The molecule has 0 saturated carbocycles. The molecule has 0 bridgehead atoms. The molecule has 1 atom stereocenters. The van der Waals surface area contributed by atoms with Crippen LogP contribution < -0.4 is 9.62 Å². The average Bonchev–Trinajstić information content (AvgIpc) is 3.03. The van der Waals surface area contributed by atoms with E-state index in [2.05, 4.69) is 5.32 Å². The topological polar surface area (TPSA) is 86.8 Å². The number of benzene rings is 4. The van der Waals surface area contributed by atoms with Crippen molar-refractivity contribution >= 4 is 27.5 Å². The number of carbonyl (C=O) groups is 2. The molecule has 1 N–H and O–H groups in total. The molecule has 4 rings (SSSR count). The zero-order chi connectivity index (χ0) is 31.7. The van der Waals surface area contributed by atoms with E-state index in [1.165, 1.54) is 23.1 Å². The number of anilines is 1. The van der Waals surface area contributed by atoms with E-state index in [0.717, 1.165) is 15.4 Å². The molecule has 0 spiro atoms. The van der Waals surface area contributed by atoms with Gasteiger partial charge in [-0.25, -0.2) is 12.8 Å². The molecule has 44 heavy (non-hydrogen) atoms. The Morgan fingerprint density at radius 3 is 2.00 bits per heavy atom. The Morgan fingerprint density at radius 2 is 1.41 bits per heavy atom. The maximum absolute atomic E-state index is 14.9. The number of nitrogens with one attached hydrogen (secondary N) is 1. The van der Waals surface area contributed by atoms with Gasteiger partial charge in [0.2, 0.25) is 11.8 Å². The van der Waals surface area contributed by atoms with Gasteiger partial charge < -0.3 is 10.2 Å². The van der Waals surface area contributed by atoms with Crippen LogP contribution in [0.1, 0.15) is 43.4 Å². The molecular formula is C35H38FN3O4S. The lowest BCUT2D eigenvalue weighted by Gasteiger charge is -2.34. The van der Waals surface area contributed by atoms with Crippen LogP contribution in [-0.2, 0) is 32.6 Å². The Balaban J connectivity index is 1.80. The highest BCUT2D eigenvalue weighted by atomic mass is 32.2. The van der Waals surface area contributed by atoms with E-state index in [0.29, 0.717) is 12.2 Å². The predicted octanol–water partition coefficient (Wildman–Crippen LogP) is 5.92. The molecule has 1 unspecified atom stereocenters. The van der Waals surface area contributed by atoms with Gasteiger partial charge in [0.25, 0.3) is 10.0 Å². The van der Waals surface area contributed by atoms with Gasteiger partial charge in [-0.05, 0) is 54.3 Å². The summed E-state index contributed by atoms with van der Waals surface area (Å²) < 4.78 is 44.1. The first kappa shape index (κ1) is 32.4. The van der Waals surface area contributed by atoms with Crippen molar-refractivity contribution < 1.29 is 22.4 Å². The lowest BCUT2D eigenvalue weighted by atomic mass is 10.0. The summed E-state index contributed by atoms with van der Waals surface area (Å²) in [6, 6.07) is 29.1. The van der Waals surface area contributed by atoms with Crippen molar-refractivity contribution in [1.29, 1.82) is 0 Å². The third kappa shape index (κ3) is 7.90. The van der Waals surface area contributed by atoms with Gasteiger partial charge in [0.1, 0.15) is 18.4 Å². The summed E-state index contributed by atoms with van der Waals surface area (Å²) in [6.07, 6.45) is 0.154. The van der Waals surface area contributed by atoms with E-state index >= 15 is 0 Å². The van der Waals surface area contributed by atoms with Crippen LogP contribution in [-0.4, -0.2) is 44.3 Å². The van der Waals surface area contributed by atoms with Crippen LogP contribution in [0.3, 0.4) is 0 Å². The average molecular weight is 616 g/mol. The minimum absolute atomic E-state index is 0.0194. The SMILES string of the molecule is CCNC(=O)C(Cc1ccccc1)N(Cc1ccccc1F)C(=O)CN(c1ccc(C(C)C)cc1)S(=O)(=O)c1ccccc1. The fourth-order valence-corrected chi connectivity index (χ4v) is 6.37. The number of hydrogen-bond acceptors (Lipinski definition) is 4. The number of sulfonamides is 1. The molecule has 0 radical (unpaired) electrons. The van der Waals surface area contributed by atoms with Crippen LogP contribution in [0, 0.1) is 5.82 Å². The highest BCUT2D eigenvalue weighted by Gasteiger charge is 2.34. The second kappa shape index (κ2) is 14.8. The Hall–Kier alpha value is -4.50. The molecule has 0 aromatic heterocycles. The van der Waals surface area contributed by atoms with Crippen LogP contribution in [0.2, 0.25) is 0 Å². The fraction of sp³-hybridized carbons (Fsp3) is 0.257. The molecule has 0 fully saturated rings. The quantitative estimate of drug-likeness (QED) is 0.202. The van der Waals surface area contributed by atoms with Gasteiger partial charge in [0.05, 0.1) is 10.6 Å². The van der Waals surface area contributed by atoms with Crippen LogP contribution in [0.15, 0.2) is 114 Å². The van der Waals surface area contributed by atoms with E-state index < -0.39 is 40.2 Å². The van der Waals surface area contributed by atoms with E-state index in [9.17, 15) is 22.4 Å². The molecule has 4 aromatic rings. The van der Waals surface area contributed by atoms with Crippen molar-refractivity contribution in [2.45, 2.75) is 50.6 Å². The Bertz CT molecular complexity index is 1650. The van der Waals surface area contributed by atoms with E-state index in [-0.39, 0.29) is 29.3 Å². The fourth-order valence-electron chi connectivity index (χ4n) is 4.93. The number of hydrogen-bond donors (Lipinski definition) is 1. The van der Waals surface area contributed by atoms with Crippen molar-refractivity contribution in [2.24, 2.45) is 0 Å². The monoisotopic (exact) mass is 615 g/mol. The highest BCUT2D eigenvalue weighted by molar-refractivity contribution is 7.92. The molecular weight excluding hydrogens is 577 g/mol. The minimum Gasteiger partial charge on any atom is -0.355 e. The number of nitrogens with zero attached hydrogens (tertiary/aromatic N) is 2. The molecule has 0 aliphatic rings. The lowest BCUT2D eigenvalue weighted by molar-refractivity contribution is -0.140. The molecule has 7 nitrogen and oxygen atoms in total. The second-order valence-corrected chi connectivity index (χ2v) is 12.6. The molecule has 0 saturated heterocycles. The van der Waals surface area contributed by atoms with Crippen molar-refractivity contribution in [3.8, 4) is 0 Å². The first-order chi connectivity index (χ1) is 21.1. The summed E-state index contributed by atoms with van der Waals surface area (Å²) >= 11 is 0. The maximum Gasteiger partial charge on any atom is 0.264 e. The number of likely N-dealkylation sites (N-methyl/N-ethyl adjacent to an activating group) is 1.